The van der Waals surface area contributed by atoms with Gasteiger partial charge in [-0.3, -0.25) is 4.57 Å². The van der Waals surface area contributed by atoms with Crippen molar-refractivity contribution in [3.8, 4) is 0 Å². The Balaban J connectivity index is 2.56. The Bertz CT molecular complexity index is 285. The first kappa shape index (κ1) is 20.3. The zero-order chi connectivity index (χ0) is 16.4. The zero-order valence-corrected chi connectivity index (χ0v) is 17.3. The fraction of sp³-hybridized carbons (Fsp3) is 1.00. The quantitative estimate of drug-likeness (QED) is 0.507. The third-order valence-corrected chi connectivity index (χ3v) is 10.6. The van der Waals surface area contributed by atoms with Crippen molar-refractivity contribution in [2.75, 3.05) is 39.5 Å². The maximum Gasteiger partial charge on any atom is 0.427 e. The van der Waals surface area contributed by atoms with Gasteiger partial charge in [-0.15, -0.1) is 0 Å². The van der Waals surface area contributed by atoms with Gasteiger partial charge in [0.2, 0.25) is 0 Å². The van der Waals surface area contributed by atoms with Crippen molar-refractivity contribution in [1.29, 1.82) is 0 Å². The van der Waals surface area contributed by atoms with E-state index in [9.17, 15) is 0 Å². The Morgan fingerprint density at radius 1 is 1.00 bits per heavy atom. The van der Waals surface area contributed by atoms with E-state index in [1.54, 1.807) is 0 Å². The number of rotatable bonds is 12. The fourth-order valence-electron chi connectivity index (χ4n) is 3.12. The van der Waals surface area contributed by atoms with Crippen LogP contribution < -0.4 is 0 Å². The second-order valence-electron chi connectivity index (χ2n) is 5.71. The molecule has 0 radical (unpaired) electrons. The molecular formula is C15H35NO4Si2. The first-order chi connectivity index (χ1) is 10.6. The number of hydrogen-bond donors (Lipinski definition) is 0. The summed E-state index contributed by atoms with van der Waals surface area (Å²) in [6.07, 6.45) is 2.30. The van der Waals surface area contributed by atoms with Crippen LogP contribution in [0.1, 0.15) is 47.5 Å². The summed E-state index contributed by atoms with van der Waals surface area (Å²) in [7, 11) is -3.69. The molecule has 0 aromatic heterocycles. The van der Waals surface area contributed by atoms with E-state index in [2.05, 4.69) is 25.3 Å². The molecule has 1 heterocycles. The third-order valence-electron chi connectivity index (χ3n) is 4.12. The Morgan fingerprint density at radius 3 is 2.09 bits per heavy atom. The molecule has 0 N–H and O–H groups in total. The van der Waals surface area contributed by atoms with Crippen molar-refractivity contribution in [3.05, 3.63) is 0 Å². The average molecular weight is 350 g/mol. The van der Waals surface area contributed by atoms with Gasteiger partial charge in [0.25, 0.3) is 0 Å². The molecule has 1 unspecified atom stereocenters. The van der Waals surface area contributed by atoms with E-state index in [-0.39, 0.29) is 0 Å². The summed E-state index contributed by atoms with van der Waals surface area (Å²) in [5, 5.41) is 0. The van der Waals surface area contributed by atoms with Crippen molar-refractivity contribution in [2.24, 2.45) is 0 Å². The second kappa shape index (κ2) is 10.9. The van der Waals surface area contributed by atoms with Crippen molar-refractivity contribution < 1.29 is 17.7 Å². The molecule has 0 amide bonds. The standard InChI is InChI=1S/C15H35NO4Si2/c1-6-17-21(18-7-2)15(5)11-13-16-12-10-14-22(16,19-8-3)20-9-4/h15,21H,6-14H2,1-5H3. The topological polar surface area (TPSA) is 40.2 Å². The highest BCUT2D eigenvalue weighted by atomic mass is 28.4. The summed E-state index contributed by atoms with van der Waals surface area (Å²) in [4.78, 5) is 0. The maximum absolute atomic E-state index is 6.12. The predicted molar refractivity (Wildman–Crippen MR) is 94.4 cm³/mol. The Kier molecular flexibility index (Phi) is 10.1. The van der Waals surface area contributed by atoms with Crippen molar-refractivity contribution in [1.82, 2.24) is 4.57 Å². The Hall–Kier alpha value is 0.234. The molecule has 1 fully saturated rings. The molecule has 7 heteroatoms. The highest BCUT2D eigenvalue weighted by Crippen LogP contribution is 2.30. The Morgan fingerprint density at radius 2 is 1.59 bits per heavy atom. The normalized spacial score (nSPS) is 19.9. The highest BCUT2D eigenvalue weighted by molar-refractivity contribution is 6.65. The molecule has 22 heavy (non-hydrogen) atoms. The summed E-state index contributed by atoms with van der Waals surface area (Å²) in [6.45, 7) is 15.6. The second-order valence-corrected chi connectivity index (χ2v) is 11.4. The van der Waals surface area contributed by atoms with Crippen molar-refractivity contribution in [3.63, 3.8) is 0 Å². The summed E-state index contributed by atoms with van der Waals surface area (Å²) < 4.78 is 26.5. The molecule has 5 nitrogen and oxygen atoms in total. The molecule has 1 saturated heterocycles. The van der Waals surface area contributed by atoms with Crippen LogP contribution in [-0.2, 0) is 17.7 Å². The zero-order valence-electron chi connectivity index (χ0n) is 15.1. The van der Waals surface area contributed by atoms with Gasteiger partial charge >= 0.3 is 18.0 Å². The van der Waals surface area contributed by atoms with E-state index >= 15 is 0 Å². The monoisotopic (exact) mass is 349 g/mol. The number of hydrogen-bond acceptors (Lipinski definition) is 5. The van der Waals surface area contributed by atoms with Gasteiger partial charge in [0.05, 0.1) is 0 Å². The maximum atomic E-state index is 6.12. The molecule has 0 aromatic carbocycles. The van der Waals surface area contributed by atoms with Crippen molar-refractivity contribution in [2.45, 2.75) is 59.0 Å². The molecule has 0 saturated carbocycles. The minimum atomic E-state index is -2.13. The molecule has 1 aliphatic rings. The molecule has 132 valence electrons. The lowest BCUT2D eigenvalue weighted by atomic mass is 10.3. The minimum absolute atomic E-state index is 0.510. The van der Waals surface area contributed by atoms with Gasteiger partial charge in [-0.1, -0.05) is 6.92 Å². The Labute approximate surface area is 139 Å². The van der Waals surface area contributed by atoms with E-state index in [1.807, 2.05) is 13.8 Å². The van der Waals surface area contributed by atoms with E-state index in [4.69, 9.17) is 17.7 Å². The van der Waals surface area contributed by atoms with Gasteiger partial charge < -0.3 is 17.7 Å². The summed E-state index contributed by atoms with van der Waals surface area (Å²) in [5.74, 6) is 0. The summed E-state index contributed by atoms with van der Waals surface area (Å²) in [6, 6.07) is 1.10. The van der Waals surface area contributed by atoms with Gasteiger partial charge in [0, 0.05) is 32.5 Å². The summed E-state index contributed by atoms with van der Waals surface area (Å²) in [5.41, 5.74) is 0.510. The molecule has 0 aliphatic carbocycles. The van der Waals surface area contributed by atoms with E-state index in [0.717, 1.165) is 52.0 Å². The first-order valence-electron chi connectivity index (χ1n) is 8.89. The van der Waals surface area contributed by atoms with E-state index < -0.39 is 18.0 Å². The van der Waals surface area contributed by atoms with Gasteiger partial charge in [0.15, 0.2) is 0 Å². The van der Waals surface area contributed by atoms with Gasteiger partial charge in [-0.2, -0.15) is 0 Å². The largest absolute Gasteiger partial charge is 0.427 e. The van der Waals surface area contributed by atoms with E-state index in [0.29, 0.717) is 5.54 Å². The van der Waals surface area contributed by atoms with Crippen LogP contribution in [0.15, 0.2) is 0 Å². The molecule has 0 spiro atoms. The molecular weight excluding hydrogens is 314 g/mol. The molecule has 0 bridgehead atoms. The van der Waals surface area contributed by atoms with Crippen LogP contribution in [0, 0.1) is 0 Å². The van der Waals surface area contributed by atoms with E-state index in [1.165, 1.54) is 6.42 Å². The van der Waals surface area contributed by atoms with Crippen LogP contribution in [0.2, 0.25) is 11.6 Å². The fourth-order valence-corrected chi connectivity index (χ4v) is 8.48. The van der Waals surface area contributed by atoms with Crippen LogP contribution in [0.3, 0.4) is 0 Å². The van der Waals surface area contributed by atoms with Crippen molar-refractivity contribution >= 4 is 18.0 Å². The lowest BCUT2D eigenvalue weighted by Crippen LogP contribution is -2.55. The molecule has 1 rings (SSSR count). The minimum Gasteiger partial charge on any atom is -0.397 e. The average Bonchev–Trinajstić information content (AvgIpc) is 2.88. The predicted octanol–water partition coefficient (Wildman–Crippen LogP) is 2.78. The van der Waals surface area contributed by atoms with Gasteiger partial charge in [-0.25, -0.2) is 0 Å². The van der Waals surface area contributed by atoms with Gasteiger partial charge in [-0.05, 0) is 59.2 Å². The molecule has 0 aromatic rings. The van der Waals surface area contributed by atoms with Crippen LogP contribution >= 0.6 is 0 Å². The lowest BCUT2D eigenvalue weighted by molar-refractivity contribution is 0.134. The number of nitrogens with zero attached hydrogens (tertiary/aromatic N) is 1. The third kappa shape index (κ3) is 5.70. The highest BCUT2D eigenvalue weighted by Gasteiger charge is 2.48. The van der Waals surface area contributed by atoms with Crippen LogP contribution in [-0.4, -0.2) is 62.1 Å². The summed E-state index contributed by atoms with van der Waals surface area (Å²) >= 11 is 0. The molecule has 1 atom stereocenters. The smallest absolute Gasteiger partial charge is 0.397 e. The van der Waals surface area contributed by atoms with Crippen LogP contribution in [0.25, 0.3) is 0 Å². The lowest BCUT2D eigenvalue weighted by Gasteiger charge is -2.35. The van der Waals surface area contributed by atoms with Gasteiger partial charge in [0.1, 0.15) is 0 Å². The first-order valence-corrected chi connectivity index (χ1v) is 12.5. The van der Waals surface area contributed by atoms with Crippen LogP contribution in [0.5, 0.6) is 0 Å². The SMILES string of the molecule is CCO[SiH](OCC)C(C)CCN1CCC[Si]1(OCC)OCC. The molecule has 1 aliphatic heterocycles. The van der Waals surface area contributed by atoms with Crippen LogP contribution in [0.4, 0.5) is 0 Å².